The summed E-state index contributed by atoms with van der Waals surface area (Å²) in [6, 6.07) is 14.6. The molecule has 0 saturated heterocycles. The molecule has 28 heavy (non-hydrogen) atoms. The Labute approximate surface area is 166 Å². The summed E-state index contributed by atoms with van der Waals surface area (Å²) in [7, 11) is 0. The lowest BCUT2D eigenvalue weighted by Gasteiger charge is -2.11. The van der Waals surface area contributed by atoms with E-state index in [-0.39, 0.29) is 18.4 Å². The van der Waals surface area contributed by atoms with E-state index in [4.69, 9.17) is 4.74 Å². The maximum atomic E-state index is 12.2. The molecule has 0 saturated carbocycles. The normalized spacial score (nSPS) is 10.2. The van der Waals surface area contributed by atoms with E-state index in [1.54, 1.807) is 6.07 Å². The SMILES string of the molecule is CCCCCC(=O)Nc1cccc(NCC(=O)Nc2cccc(OCC)c2)c1. The van der Waals surface area contributed by atoms with Gasteiger partial charge >= 0.3 is 0 Å². The van der Waals surface area contributed by atoms with E-state index >= 15 is 0 Å². The van der Waals surface area contributed by atoms with Gasteiger partial charge in [-0.1, -0.05) is 31.9 Å². The summed E-state index contributed by atoms with van der Waals surface area (Å²) < 4.78 is 5.43. The summed E-state index contributed by atoms with van der Waals surface area (Å²) in [6.45, 7) is 4.72. The smallest absolute Gasteiger partial charge is 0.243 e. The van der Waals surface area contributed by atoms with Crippen molar-refractivity contribution in [2.45, 2.75) is 39.5 Å². The van der Waals surface area contributed by atoms with Crippen LogP contribution >= 0.6 is 0 Å². The number of benzene rings is 2. The molecule has 0 unspecified atom stereocenters. The highest BCUT2D eigenvalue weighted by Gasteiger charge is 2.06. The Morgan fingerprint density at radius 3 is 2.29 bits per heavy atom. The van der Waals surface area contributed by atoms with Gasteiger partial charge in [-0.3, -0.25) is 9.59 Å². The predicted octanol–water partition coefficient (Wildman–Crippen LogP) is 4.65. The standard InChI is InChI=1S/C22H29N3O3/c1-3-5-6-13-21(26)24-18-10-7-9-17(14-18)23-16-22(27)25-19-11-8-12-20(15-19)28-4-2/h7-12,14-15,23H,3-6,13,16H2,1-2H3,(H,24,26)(H,25,27). The lowest BCUT2D eigenvalue weighted by atomic mass is 10.2. The first-order valence-corrected chi connectivity index (χ1v) is 9.77. The minimum Gasteiger partial charge on any atom is -0.494 e. The number of unbranched alkanes of at least 4 members (excludes halogenated alkanes) is 2. The van der Waals surface area contributed by atoms with Crippen LogP contribution < -0.4 is 20.7 Å². The van der Waals surface area contributed by atoms with Crippen molar-refractivity contribution in [2.24, 2.45) is 0 Å². The molecule has 0 aliphatic rings. The molecule has 0 radical (unpaired) electrons. The van der Waals surface area contributed by atoms with E-state index in [0.29, 0.717) is 18.7 Å². The first kappa shape index (κ1) is 21.3. The van der Waals surface area contributed by atoms with Gasteiger partial charge in [-0.15, -0.1) is 0 Å². The van der Waals surface area contributed by atoms with Crippen LogP contribution in [0.25, 0.3) is 0 Å². The van der Waals surface area contributed by atoms with E-state index in [0.717, 1.165) is 36.4 Å². The molecule has 6 heteroatoms. The summed E-state index contributed by atoms with van der Waals surface area (Å²) in [5.41, 5.74) is 2.17. The number of carbonyl (C=O) groups excluding carboxylic acids is 2. The van der Waals surface area contributed by atoms with Gasteiger partial charge in [0.1, 0.15) is 5.75 Å². The lowest BCUT2D eigenvalue weighted by Crippen LogP contribution is -2.21. The molecular formula is C22H29N3O3. The van der Waals surface area contributed by atoms with Crippen LogP contribution in [-0.4, -0.2) is 25.0 Å². The quantitative estimate of drug-likeness (QED) is 0.493. The van der Waals surface area contributed by atoms with Crippen LogP contribution in [0, 0.1) is 0 Å². The second kappa shape index (κ2) is 11.6. The summed E-state index contributed by atoms with van der Waals surface area (Å²) >= 11 is 0. The highest BCUT2D eigenvalue weighted by molar-refractivity contribution is 5.94. The zero-order valence-corrected chi connectivity index (χ0v) is 16.6. The van der Waals surface area contributed by atoms with Crippen LogP contribution in [-0.2, 0) is 9.59 Å². The van der Waals surface area contributed by atoms with Gasteiger partial charge < -0.3 is 20.7 Å². The fourth-order valence-corrected chi connectivity index (χ4v) is 2.68. The molecule has 0 spiro atoms. The van der Waals surface area contributed by atoms with Crippen molar-refractivity contribution in [1.29, 1.82) is 0 Å². The summed E-state index contributed by atoms with van der Waals surface area (Å²) in [4.78, 5) is 24.1. The molecule has 6 nitrogen and oxygen atoms in total. The predicted molar refractivity (Wildman–Crippen MR) is 114 cm³/mol. The van der Waals surface area contributed by atoms with Crippen molar-refractivity contribution < 1.29 is 14.3 Å². The van der Waals surface area contributed by atoms with E-state index in [9.17, 15) is 9.59 Å². The van der Waals surface area contributed by atoms with Gasteiger partial charge in [0.25, 0.3) is 0 Å². The zero-order chi connectivity index (χ0) is 20.2. The summed E-state index contributed by atoms with van der Waals surface area (Å²) in [5.74, 6) is 0.566. The van der Waals surface area contributed by atoms with E-state index in [1.807, 2.05) is 49.4 Å². The third kappa shape index (κ3) is 7.70. The number of anilines is 3. The van der Waals surface area contributed by atoms with Gasteiger partial charge in [0.15, 0.2) is 0 Å². The van der Waals surface area contributed by atoms with E-state index in [2.05, 4.69) is 22.9 Å². The molecule has 2 rings (SSSR count). The second-order valence-electron chi connectivity index (χ2n) is 6.45. The number of rotatable bonds is 11. The van der Waals surface area contributed by atoms with Crippen LogP contribution in [0.2, 0.25) is 0 Å². The Morgan fingerprint density at radius 2 is 1.54 bits per heavy atom. The van der Waals surface area contributed by atoms with Crippen LogP contribution in [0.4, 0.5) is 17.1 Å². The highest BCUT2D eigenvalue weighted by Crippen LogP contribution is 2.18. The van der Waals surface area contributed by atoms with Gasteiger partial charge in [0.2, 0.25) is 11.8 Å². The van der Waals surface area contributed by atoms with Crippen LogP contribution in [0.5, 0.6) is 5.75 Å². The molecule has 2 amide bonds. The number of carbonyl (C=O) groups is 2. The van der Waals surface area contributed by atoms with Crippen molar-refractivity contribution >= 4 is 28.9 Å². The molecule has 2 aromatic carbocycles. The van der Waals surface area contributed by atoms with Crippen LogP contribution in [0.1, 0.15) is 39.5 Å². The van der Waals surface area contributed by atoms with Crippen molar-refractivity contribution in [2.75, 3.05) is 29.1 Å². The van der Waals surface area contributed by atoms with Crippen molar-refractivity contribution in [3.63, 3.8) is 0 Å². The molecule has 0 atom stereocenters. The topological polar surface area (TPSA) is 79.5 Å². The first-order chi connectivity index (χ1) is 13.6. The Morgan fingerprint density at radius 1 is 0.857 bits per heavy atom. The number of hydrogen-bond acceptors (Lipinski definition) is 4. The summed E-state index contributed by atoms with van der Waals surface area (Å²) in [6.07, 6.45) is 3.56. The molecular weight excluding hydrogens is 354 g/mol. The van der Waals surface area contributed by atoms with Gasteiger partial charge in [-0.05, 0) is 43.7 Å². The molecule has 0 aliphatic carbocycles. The first-order valence-electron chi connectivity index (χ1n) is 9.77. The van der Waals surface area contributed by atoms with E-state index in [1.165, 1.54) is 0 Å². The van der Waals surface area contributed by atoms with Crippen LogP contribution in [0.3, 0.4) is 0 Å². The zero-order valence-electron chi connectivity index (χ0n) is 16.6. The fourth-order valence-electron chi connectivity index (χ4n) is 2.68. The monoisotopic (exact) mass is 383 g/mol. The minimum atomic E-state index is -0.164. The van der Waals surface area contributed by atoms with Crippen molar-refractivity contribution in [1.82, 2.24) is 0 Å². The third-order valence-corrected chi connectivity index (χ3v) is 4.04. The van der Waals surface area contributed by atoms with Gasteiger partial charge in [-0.25, -0.2) is 0 Å². The van der Waals surface area contributed by atoms with Gasteiger partial charge in [0.05, 0.1) is 13.2 Å². The van der Waals surface area contributed by atoms with Crippen molar-refractivity contribution in [3.05, 3.63) is 48.5 Å². The summed E-state index contributed by atoms with van der Waals surface area (Å²) in [5, 5.41) is 8.80. The Hall–Kier alpha value is -3.02. The molecule has 0 bridgehead atoms. The molecule has 3 N–H and O–H groups in total. The number of hydrogen-bond donors (Lipinski definition) is 3. The number of amides is 2. The van der Waals surface area contributed by atoms with E-state index < -0.39 is 0 Å². The fraction of sp³-hybridized carbons (Fsp3) is 0.364. The Balaban J connectivity index is 1.82. The van der Waals surface area contributed by atoms with Gasteiger partial charge in [-0.2, -0.15) is 0 Å². The number of ether oxygens (including phenoxy) is 1. The molecule has 150 valence electrons. The highest BCUT2D eigenvalue weighted by atomic mass is 16.5. The lowest BCUT2D eigenvalue weighted by molar-refractivity contribution is -0.116. The maximum absolute atomic E-state index is 12.2. The largest absolute Gasteiger partial charge is 0.494 e. The van der Waals surface area contributed by atoms with Crippen molar-refractivity contribution in [3.8, 4) is 5.75 Å². The number of nitrogens with one attached hydrogen (secondary N) is 3. The average Bonchev–Trinajstić information content (AvgIpc) is 2.67. The molecule has 0 aliphatic heterocycles. The van der Waals surface area contributed by atoms with Gasteiger partial charge in [0, 0.05) is 29.5 Å². The Bertz CT molecular complexity index is 777. The average molecular weight is 383 g/mol. The second-order valence-corrected chi connectivity index (χ2v) is 6.45. The van der Waals surface area contributed by atoms with Crippen LogP contribution in [0.15, 0.2) is 48.5 Å². The molecule has 0 aromatic heterocycles. The maximum Gasteiger partial charge on any atom is 0.243 e. The Kier molecular flexibility index (Phi) is 8.85. The molecule has 0 heterocycles. The molecule has 2 aromatic rings. The third-order valence-electron chi connectivity index (χ3n) is 4.04. The minimum absolute atomic E-state index is 0.0116. The molecule has 0 fully saturated rings.